The Hall–Kier alpha value is -2.62. The molecule has 1 N–H and O–H groups in total. The first kappa shape index (κ1) is 16.7. The molecule has 4 heteroatoms. The molecule has 0 fully saturated rings. The minimum atomic E-state index is -0.153. The molecule has 4 nitrogen and oxygen atoms in total. The number of benzene rings is 2. The number of rotatable bonds is 6. The Morgan fingerprint density at radius 1 is 1.00 bits per heavy atom. The van der Waals surface area contributed by atoms with E-state index in [1.165, 1.54) is 17.4 Å². The molecule has 0 atom stereocenters. The molecule has 0 spiro atoms. The molecular formula is C19H22N2O2. The highest BCUT2D eigenvalue weighted by atomic mass is 16.2. The average molecular weight is 310 g/mol. The molecule has 2 aromatic rings. The van der Waals surface area contributed by atoms with Crippen LogP contribution in [0.3, 0.4) is 0 Å². The Balaban J connectivity index is 1.91. The Labute approximate surface area is 137 Å². The van der Waals surface area contributed by atoms with Gasteiger partial charge in [0.25, 0.3) is 0 Å². The second-order valence-electron chi connectivity index (χ2n) is 5.48. The second-order valence-corrected chi connectivity index (χ2v) is 5.48. The summed E-state index contributed by atoms with van der Waals surface area (Å²) in [5, 5.41) is 2.87. The third kappa shape index (κ3) is 4.95. The second kappa shape index (κ2) is 8.13. The summed E-state index contributed by atoms with van der Waals surface area (Å²) >= 11 is 0. The van der Waals surface area contributed by atoms with Gasteiger partial charge in [0.15, 0.2) is 0 Å². The van der Waals surface area contributed by atoms with Gasteiger partial charge in [-0.25, -0.2) is 0 Å². The molecule has 0 radical (unpaired) electrons. The highest BCUT2D eigenvalue weighted by molar-refractivity contribution is 5.98. The number of nitrogens with one attached hydrogen (secondary N) is 1. The highest BCUT2D eigenvalue weighted by Gasteiger charge is 2.16. The molecule has 0 saturated heterocycles. The van der Waals surface area contributed by atoms with E-state index in [9.17, 15) is 9.59 Å². The van der Waals surface area contributed by atoms with Gasteiger partial charge < -0.3 is 10.2 Å². The van der Waals surface area contributed by atoms with Gasteiger partial charge in [-0.05, 0) is 30.5 Å². The SMILES string of the molecule is CC(=O)N(CC(=O)NCCc1ccccc1)c1ccccc1C. The molecule has 0 aliphatic heterocycles. The van der Waals surface area contributed by atoms with E-state index in [2.05, 4.69) is 5.32 Å². The summed E-state index contributed by atoms with van der Waals surface area (Å²) < 4.78 is 0. The van der Waals surface area contributed by atoms with Crippen LogP contribution in [0.15, 0.2) is 54.6 Å². The molecule has 0 heterocycles. The molecule has 0 bridgehead atoms. The highest BCUT2D eigenvalue weighted by Crippen LogP contribution is 2.19. The molecule has 23 heavy (non-hydrogen) atoms. The Morgan fingerprint density at radius 3 is 2.30 bits per heavy atom. The lowest BCUT2D eigenvalue weighted by Gasteiger charge is -2.22. The van der Waals surface area contributed by atoms with E-state index in [0.717, 1.165) is 17.7 Å². The summed E-state index contributed by atoms with van der Waals surface area (Å²) in [6.07, 6.45) is 0.775. The minimum Gasteiger partial charge on any atom is -0.354 e. The van der Waals surface area contributed by atoms with Crippen molar-refractivity contribution >= 4 is 17.5 Å². The molecule has 120 valence electrons. The number of hydrogen-bond acceptors (Lipinski definition) is 2. The van der Waals surface area contributed by atoms with Crippen molar-refractivity contribution in [1.29, 1.82) is 0 Å². The van der Waals surface area contributed by atoms with Crippen molar-refractivity contribution in [2.75, 3.05) is 18.0 Å². The zero-order chi connectivity index (χ0) is 16.7. The third-order valence-electron chi connectivity index (χ3n) is 3.67. The van der Waals surface area contributed by atoms with Gasteiger partial charge in [0.05, 0.1) is 0 Å². The van der Waals surface area contributed by atoms with Gasteiger partial charge >= 0.3 is 0 Å². The summed E-state index contributed by atoms with van der Waals surface area (Å²) in [4.78, 5) is 25.5. The summed E-state index contributed by atoms with van der Waals surface area (Å²) in [7, 11) is 0. The van der Waals surface area contributed by atoms with Gasteiger partial charge in [0.2, 0.25) is 11.8 Å². The fraction of sp³-hybridized carbons (Fsp3) is 0.263. The summed E-state index contributed by atoms with van der Waals surface area (Å²) in [6, 6.07) is 17.5. The van der Waals surface area contributed by atoms with E-state index >= 15 is 0 Å². The first-order valence-corrected chi connectivity index (χ1v) is 7.72. The number of carbonyl (C=O) groups is 2. The van der Waals surface area contributed by atoms with Crippen LogP contribution < -0.4 is 10.2 Å². The zero-order valence-electron chi connectivity index (χ0n) is 13.6. The van der Waals surface area contributed by atoms with Crippen LogP contribution in [0.1, 0.15) is 18.1 Å². The number of para-hydroxylation sites is 1. The van der Waals surface area contributed by atoms with Crippen molar-refractivity contribution in [2.45, 2.75) is 20.3 Å². The molecule has 0 aromatic heterocycles. The minimum absolute atomic E-state index is 0.0367. The molecule has 0 unspecified atom stereocenters. The largest absolute Gasteiger partial charge is 0.354 e. The number of carbonyl (C=O) groups excluding carboxylic acids is 2. The van der Waals surface area contributed by atoms with Crippen molar-refractivity contribution < 1.29 is 9.59 Å². The Kier molecular flexibility index (Phi) is 5.92. The summed E-state index contributed by atoms with van der Waals surface area (Å²) in [6.45, 7) is 4.00. The maximum absolute atomic E-state index is 12.1. The topological polar surface area (TPSA) is 49.4 Å². The van der Waals surface area contributed by atoms with Crippen LogP contribution in [0.2, 0.25) is 0 Å². The van der Waals surface area contributed by atoms with Crippen LogP contribution in [0.5, 0.6) is 0 Å². The van der Waals surface area contributed by atoms with E-state index in [1.54, 1.807) is 0 Å². The predicted octanol–water partition coefficient (Wildman–Crippen LogP) is 2.71. The fourth-order valence-electron chi connectivity index (χ4n) is 2.42. The lowest BCUT2D eigenvalue weighted by atomic mass is 10.1. The van der Waals surface area contributed by atoms with Crippen LogP contribution in [-0.2, 0) is 16.0 Å². The maximum Gasteiger partial charge on any atom is 0.240 e. The number of nitrogens with zero attached hydrogens (tertiary/aromatic N) is 1. The standard InChI is InChI=1S/C19H22N2O2/c1-15-8-6-7-11-18(15)21(16(2)22)14-19(23)20-13-12-17-9-4-3-5-10-17/h3-11H,12-14H2,1-2H3,(H,20,23). The Bertz CT molecular complexity index is 668. The van der Waals surface area contributed by atoms with Gasteiger partial charge in [0, 0.05) is 19.2 Å². The first-order chi connectivity index (χ1) is 11.1. The van der Waals surface area contributed by atoms with Crippen LogP contribution >= 0.6 is 0 Å². The lowest BCUT2D eigenvalue weighted by molar-refractivity contribution is -0.123. The van der Waals surface area contributed by atoms with Crippen molar-refractivity contribution in [3.05, 3.63) is 65.7 Å². The van der Waals surface area contributed by atoms with Crippen LogP contribution in [0.4, 0.5) is 5.69 Å². The fourth-order valence-corrected chi connectivity index (χ4v) is 2.42. The number of amides is 2. The number of hydrogen-bond donors (Lipinski definition) is 1. The molecule has 0 aliphatic carbocycles. The summed E-state index contributed by atoms with van der Waals surface area (Å²) in [5.74, 6) is -0.295. The molecule has 0 aliphatic rings. The van der Waals surface area contributed by atoms with Crippen molar-refractivity contribution in [3.8, 4) is 0 Å². The number of anilines is 1. The quantitative estimate of drug-likeness (QED) is 0.892. The van der Waals surface area contributed by atoms with Crippen molar-refractivity contribution in [1.82, 2.24) is 5.32 Å². The average Bonchev–Trinajstić information content (AvgIpc) is 2.54. The van der Waals surface area contributed by atoms with Crippen LogP contribution in [0.25, 0.3) is 0 Å². The van der Waals surface area contributed by atoms with E-state index < -0.39 is 0 Å². The normalized spacial score (nSPS) is 10.2. The van der Waals surface area contributed by atoms with E-state index in [0.29, 0.717) is 6.54 Å². The third-order valence-corrected chi connectivity index (χ3v) is 3.67. The van der Waals surface area contributed by atoms with Crippen molar-refractivity contribution in [3.63, 3.8) is 0 Å². The van der Waals surface area contributed by atoms with Crippen LogP contribution in [-0.4, -0.2) is 24.9 Å². The van der Waals surface area contributed by atoms with E-state index in [4.69, 9.17) is 0 Å². The zero-order valence-corrected chi connectivity index (χ0v) is 13.6. The lowest BCUT2D eigenvalue weighted by Crippen LogP contribution is -2.40. The van der Waals surface area contributed by atoms with Gasteiger partial charge in [0.1, 0.15) is 6.54 Å². The van der Waals surface area contributed by atoms with Crippen LogP contribution in [0, 0.1) is 6.92 Å². The van der Waals surface area contributed by atoms with Gasteiger partial charge in [-0.15, -0.1) is 0 Å². The predicted molar refractivity (Wildman–Crippen MR) is 92.4 cm³/mol. The Morgan fingerprint density at radius 2 is 1.65 bits per heavy atom. The molecular weight excluding hydrogens is 288 g/mol. The molecule has 0 saturated carbocycles. The maximum atomic E-state index is 12.1. The number of aryl methyl sites for hydroxylation is 1. The van der Waals surface area contributed by atoms with E-state index in [-0.39, 0.29) is 18.4 Å². The first-order valence-electron chi connectivity index (χ1n) is 7.72. The smallest absolute Gasteiger partial charge is 0.240 e. The van der Waals surface area contributed by atoms with Crippen molar-refractivity contribution in [2.24, 2.45) is 0 Å². The molecule has 2 aromatic carbocycles. The van der Waals surface area contributed by atoms with E-state index in [1.807, 2.05) is 61.5 Å². The van der Waals surface area contributed by atoms with Gasteiger partial charge in [-0.1, -0.05) is 48.5 Å². The van der Waals surface area contributed by atoms with Gasteiger partial charge in [-0.2, -0.15) is 0 Å². The molecule has 2 rings (SSSR count). The monoisotopic (exact) mass is 310 g/mol. The molecule has 2 amide bonds. The van der Waals surface area contributed by atoms with Gasteiger partial charge in [-0.3, -0.25) is 9.59 Å². The summed E-state index contributed by atoms with van der Waals surface area (Å²) in [5.41, 5.74) is 2.92.